The van der Waals surface area contributed by atoms with Gasteiger partial charge in [-0.15, -0.1) is 0 Å². The van der Waals surface area contributed by atoms with Gasteiger partial charge in [0.25, 0.3) is 0 Å². The van der Waals surface area contributed by atoms with Gasteiger partial charge in [-0.2, -0.15) is 4.37 Å². The molecule has 2 atom stereocenters. The van der Waals surface area contributed by atoms with Gasteiger partial charge in [0.2, 0.25) is 5.88 Å². The molecule has 0 amide bonds. The van der Waals surface area contributed by atoms with Crippen LogP contribution in [0.15, 0.2) is 29.0 Å². The molecule has 2 aromatic rings. The molecule has 6 heterocycles. The number of aromatic nitrogens is 2. The van der Waals surface area contributed by atoms with Crippen molar-refractivity contribution in [2.45, 2.75) is 49.6 Å². The third-order valence-electron chi connectivity index (χ3n) is 7.02. The summed E-state index contributed by atoms with van der Waals surface area (Å²) in [4.78, 5) is 4.96. The Morgan fingerprint density at radius 1 is 0.893 bits per heavy atom. The first-order valence-electron chi connectivity index (χ1n) is 10.6. The number of anilines is 2. The SMILES string of the molecule is c1cc(N2CCCC23CCNC3)on1.c1cc(N2CCCC23CCNC3)sn1. The Kier molecular flexibility index (Phi) is 5.02. The van der Waals surface area contributed by atoms with Gasteiger partial charge in [-0.05, 0) is 69.2 Å². The van der Waals surface area contributed by atoms with Crippen LogP contribution in [-0.2, 0) is 0 Å². The molecule has 8 heteroatoms. The molecule has 0 bridgehead atoms. The molecule has 2 unspecified atom stereocenters. The highest BCUT2D eigenvalue weighted by Gasteiger charge is 2.45. The maximum Gasteiger partial charge on any atom is 0.227 e. The summed E-state index contributed by atoms with van der Waals surface area (Å²) in [5.41, 5.74) is 0.742. The Bertz CT molecular complexity index is 662. The van der Waals surface area contributed by atoms with Crippen LogP contribution in [0.1, 0.15) is 38.5 Å². The topological polar surface area (TPSA) is 69.5 Å². The summed E-state index contributed by atoms with van der Waals surface area (Å²) in [6, 6.07) is 4.11. The molecule has 6 rings (SSSR count). The Morgan fingerprint density at radius 3 is 2.18 bits per heavy atom. The summed E-state index contributed by atoms with van der Waals surface area (Å²) in [6.45, 7) is 6.87. The van der Waals surface area contributed by atoms with Gasteiger partial charge in [0.05, 0.1) is 17.3 Å². The third-order valence-corrected chi connectivity index (χ3v) is 7.79. The highest BCUT2D eigenvalue weighted by Crippen LogP contribution is 2.39. The molecule has 4 fully saturated rings. The van der Waals surface area contributed by atoms with E-state index in [1.165, 1.54) is 56.6 Å². The van der Waals surface area contributed by atoms with E-state index in [-0.39, 0.29) is 0 Å². The molecule has 2 spiro atoms. The minimum Gasteiger partial charge on any atom is -0.355 e. The van der Waals surface area contributed by atoms with Crippen molar-refractivity contribution in [3.63, 3.8) is 0 Å². The molecule has 2 N–H and O–H groups in total. The van der Waals surface area contributed by atoms with Gasteiger partial charge in [-0.3, -0.25) is 0 Å². The van der Waals surface area contributed by atoms with Crippen LogP contribution in [0, 0.1) is 0 Å². The summed E-state index contributed by atoms with van der Waals surface area (Å²) in [5.74, 6) is 0.936. The minimum atomic E-state index is 0.319. The van der Waals surface area contributed by atoms with Gasteiger partial charge in [0, 0.05) is 38.4 Å². The lowest BCUT2D eigenvalue weighted by Gasteiger charge is -2.34. The van der Waals surface area contributed by atoms with E-state index in [9.17, 15) is 0 Å². The zero-order chi connectivity index (χ0) is 18.9. The monoisotopic (exact) mass is 402 g/mol. The zero-order valence-corrected chi connectivity index (χ0v) is 17.2. The van der Waals surface area contributed by atoms with Crippen LogP contribution in [0.4, 0.5) is 10.9 Å². The normalized spacial score (nSPS) is 31.9. The second-order valence-electron chi connectivity index (χ2n) is 8.51. The van der Waals surface area contributed by atoms with Crippen LogP contribution >= 0.6 is 11.5 Å². The fraction of sp³-hybridized carbons (Fsp3) is 0.700. The fourth-order valence-corrected chi connectivity index (χ4v) is 6.34. The van der Waals surface area contributed by atoms with Gasteiger partial charge in [-0.25, -0.2) is 0 Å². The molecule has 4 saturated heterocycles. The van der Waals surface area contributed by atoms with Crippen molar-refractivity contribution in [1.82, 2.24) is 20.2 Å². The molecule has 0 saturated carbocycles. The minimum absolute atomic E-state index is 0.319. The Labute approximate surface area is 170 Å². The molecule has 4 aliphatic heterocycles. The van der Waals surface area contributed by atoms with Crippen LogP contribution in [0.2, 0.25) is 0 Å². The van der Waals surface area contributed by atoms with Crippen molar-refractivity contribution in [3.05, 3.63) is 24.5 Å². The van der Waals surface area contributed by atoms with Crippen LogP contribution in [0.5, 0.6) is 0 Å². The zero-order valence-electron chi connectivity index (χ0n) is 16.4. The van der Waals surface area contributed by atoms with E-state index in [1.807, 2.05) is 12.3 Å². The number of nitrogens with zero attached hydrogens (tertiary/aromatic N) is 4. The second-order valence-corrected chi connectivity index (χ2v) is 9.33. The second kappa shape index (κ2) is 7.65. The Hall–Kier alpha value is -1.64. The third kappa shape index (κ3) is 3.21. The quantitative estimate of drug-likeness (QED) is 0.800. The fourth-order valence-electron chi connectivity index (χ4n) is 5.61. The largest absolute Gasteiger partial charge is 0.355 e. The van der Waals surface area contributed by atoms with E-state index in [2.05, 4.69) is 36.0 Å². The Balaban J connectivity index is 0.000000122. The van der Waals surface area contributed by atoms with Crippen molar-refractivity contribution in [2.75, 3.05) is 49.1 Å². The average Bonchev–Trinajstić information content (AvgIpc) is 3.56. The van der Waals surface area contributed by atoms with Crippen molar-refractivity contribution < 1.29 is 4.52 Å². The lowest BCUT2D eigenvalue weighted by Crippen LogP contribution is -2.45. The van der Waals surface area contributed by atoms with Gasteiger partial charge in [0.15, 0.2) is 0 Å². The van der Waals surface area contributed by atoms with Crippen molar-refractivity contribution in [1.29, 1.82) is 0 Å². The molecule has 0 aromatic carbocycles. The first-order chi connectivity index (χ1) is 13.8. The summed E-state index contributed by atoms with van der Waals surface area (Å²) < 4.78 is 9.45. The average molecular weight is 403 g/mol. The van der Waals surface area contributed by atoms with E-state index in [0.29, 0.717) is 11.1 Å². The van der Waals surface area contributed by atoms with Crippen molar-refractivity contribution in [3.8, 4) is 0 Å². The maximum absolute atomic E-state index is 5.25. The number of hydrogen-bond acceptors (Lipinski definition) is 8. The van der Waals surface area contributed by atoms with E-state index < -0.39 is 0 Å². The molecular weight excluding hydrogens is 372 g/mol. The number of rotatable bonds is 2. The van der Waals surface area contributed by atoms with E-state index >= 15 is 0 Å². The van der Waals surface area contributed by atoms with Gasteiger partial charge >= 0.3 is 0 Å². The van der Waals surface area contributed by atoms with Crippen LogP contribution in [0.25, 0.3) is 0 Å². The van der Waals surface area contributed by atoms with E-state index in [1.54, 1.807) is 17.7 Å². The predicted molar refractivity (Wildman–Crippen MR) is 112 cm³/mol. The number of hydrogen-bond donors (Lipinski definition) is 2. The van der Waals surface area contributed by atoms with Gasteiger partial charge < -0.3 is 25.0 Å². The van der Waals surface area contributed by atoms with Crippen LogP contribution in [0.3, 0.4) is 0 Å². The van der Waals surface area contributed by atoms with Crippen molar-refractivity contribution >= 4 is 22.4 Å². The summed E-state index contributed by atoms with van der Waals surface area (Å²) >= 11 is 1.63. The van der Waals surface area contributed by atoms with E-state index in [0.717, 1.165) is 32.1 Å². The van der Waals surface area contributed by atoms with E-state index in [4.69, 9.17) is 4.52 Å². The molecular formula is C20H30N6OS. The smallest absolute Gasteiger partial charge is 0.227 e. The van der Waals surface area contributed by atoms with Crippen LogP contribution < -0.4 is 20.4 Å². The summed E-state index contributed by atoms with van der Waals surface area (Å²) in [7, 11) is 0. The molecule has 7 nitrogen and oxygen atoms in total. The highest BCUT2D eigenvalue weighted by molar-refractivity contribution is 7.10. The van der Waals surface area contributed by atoms with Gasteiger partial charge in [-0.1, -0.05) is 5.16 Å². The molecule has 0 aliphatic carbocycles. The maximum atomic E-state index is 5.25. The molecule has 0 radical (unpaired) electrons. The lowest BCUT2D eigenvalue weighted by molar-refractivity contribution is 0.380. The van der Waals surface area contributed by atoms with Gasteiger partial charge in [0.1, 0.15) is 5.00 Å². The first-order valence-corrected chi connectivity index (χ1v) is 11.4. The predicted octanol–water partition coefficient (Wildman–Crippen LogP) is 2.48. The highest BCUT2D eigenvalue weighted by atomic mass is 32.1. The number of nitrogens with one attached hydrogen (secondary N) is 2. The first kappa shape index (κ1) is 18.4. The summed E-state index contributed by atoms with van der Waals surface area (Å²) in [6.07, 6.45) is 11.4. The van der Waals surface area contributed by atoms with Crippen LogP contribution in [-0.4, -0.2) is 59.9 Å². The van der Waals surface area contributed by atoms with Crippen molar-refractivity contribution in [2.24, 2.45) is 0 Å². The molecule has 152 valence electrons. The standard InChI is InChI=1S/C10H15N3O.C10H15N3S/c2*1-3-10(4-6-11-8-10)13(7-1)9-2-5-12-14-9/h2*2,5,11H,1,3-4,6-8H2. The molecule has 2 aromatic heterocycles. The molecule has 28 heavy (non-hydrogen) atoms. The lowest BCUT2D eigenvalue weighted by atomic mass is 9.95. The Morgan fingerprint density at radius 2 is 1.61 bits per heavy atom. The molecule has 4 aliphatic rings. The summed E-state index contributed by atoms with van der Waals surface area (Å²) in [5, 5.41) is 12.1.